The van der Waals surface area contributed by atoms with E-state index in [1.807, 2.05) is 4.90 Å². The van der Waals surface area contributed by atoms with Crippen LogP contribution in [-0.4, -0.2) is 38.8 Å². The smallest absolute Gasteiger partial charge is 0.262 e. The SMILES string of the molecule is O=C(COc1ccc(F)cc1)Nc1ccc(N2CCOCC2)c(F)c1. The fourth-order valence-electron chi connectivity index (χ4n) is 2.52. The summed E-state index contributed by atoms with van der Waals surface area (Å²) in [7, 11) is 0. The zero-order chi connectivity index (χ0) is 17.6. The van der Waals surface area contributed by atoms with Crippen LogP contribution in [0.4, 0.5) is 20.2 Å². The Hall–Kier alpha value is -2.67. The molecule has 7 heteroatoms. The Kier molecular flexibility index (Phi) is 5.45. The fraction of sp³-hybridized carbons (Fsp3) is 0.278. The normalized spacial score (nSPS) is 14.2. The number of morpholine rings is 1. The number of nitrogens with zero attached hydrogens (tertiary/aromatic N) is 1. The highest BCUT2D eigenvalue weighted by Gasteiger charge is 2.15. The molecule has 2 aromatic rings. The molecule has 132 valence electrons. The maximum Gasteiger partial charge on any atom is 0.262 e. The number of amides is 1. The van der Waals surface area contributed by atoms with Crippen LogP contribution in [0, 0.1) is 11.6 Å². The molecule has 25 heavy (non-hydrogen) atoms. The van der Waals surface area contributed by atoms with E-state index < -0.39 is 11.7 Å². The molecule has 1 N–H and O–H groups in total. The van der Waals surface area contributed by atoms with Crippen molar-refractivity contribution in [1.82, 2.24) is 0 Å². The van der Waals surface area contributed by atoms with Gasteiger partial charge in [-0.15, -0.1) is 0 Å². The van der Waals surface area contributed by atoms with E-state index in [2.05, 4.69) is 5.32 Å². The third-order valence-electron chi connectivity index (χ3n) is 3.77. The lowest BCUT2D eigenvalue weighted by molar-refractivity contribution is -0.118. The molecule has 0 aromatic heterocycles. The molecule has 1 saturated heterocycles. The molecule has 0 saturated carbocycles. The van der Waals surface area contributed by atoms with Crippen LogP contribution in [0.25, 0.3) is 0 Å². The van der Waals surface area contributed by atoms with Crippen molar-refractivity contribution in [3.05, 3.63) is 54.1 Å². The first kappa shape index (κ1) is 17.2. The average Bonchev–Trinajstić information content (AvgIpc) is 2.62. The first-order valence-electron chi connectivity index (χ1n) is 7.92. The van der Waals surface area contributed by atoms with Crippen molar-refractivity contribution in [1.29, 1.82) is 0 Å². The van der Waals surface area contributed by atoms with Crippen molar-refractivity contribution in [2.24, 2.45) is 0 Å². The summed E-state index contributed by atoms with van der Waals surface area (Å²) in [5.41, 5.74) is 0.839. The van der Waals surface area contributed by atoms with E-state index in [0.717, 1.165) is 0 Å². The number of carbonyl (C=O) groups excluding carboxylic acids is 1. The molecule has 0 atom stereocenters. The minimum atomic E-state index is -0.428. The number of carbonyl (C=O) groups is 1. The van der Waals surface area contributed by atoms with Gasteiger partial charge in [-0.05, 0) is 42.5 Å². The molecule has 5 nitrogen and oxygen atoms in total. The zero-order valence-corrected chi connectivity index (χ0v) is 13.5. The maximum atomic E-state index is 14.3. The molecule has 1 fully saturated rings. The van der Waals surface area contributed by atoms with E-state index in [9.17, 15) is 13.6 Å². The van der Waals surface area contributed by atoms with E-state index in [4.69, 9.17) is 9.47 Å². The Morgan fingerprint density at radius 1 is 1.12 bits per heavy atom. The van der Waals surface area contributed by atoms with Crippen molar-refractivity contribution in [3.8, 4) is 5.75 Å². The lowest BCUT2D eigenvalue weighted by atomic mass is 10.2. The third-order valence-corrected chi connectivity index (χ3v) is 3.77. The van der Waals surface area contributed by atoms with Gasteiger partial charge < -0.3 is 19.7 Å². The summed E-state index contributed by atoms with van der Waals surface area (Å²) < 4.78 is 37.6. The molecule has 0 aliphatic carbocycles. The van der Waals surface area contributed by atoms with Crippen molar-refractivity contribution in [2.75, 3.05) is 43.1 Å². The molecular weight excluding hydrogens is 330 g/mol. The second-order valence-corrected chi connectivity index (χ2v) is 5.56. The van der Waals surface area contributed by atoms with Gasteiger partial charge >= 0.3 is 0 Å². The highest BCUT2D eigenvalue weighted by molar-refractivity contribution is 5.92. The van der Waals surface area contributed by atoms with Crippen LogP contribution in [0.5, 0.6) is 5.75 Å². The van der Waals surface area contributed by atoms with Crippen LogP contribution in [0.1, 0.15) is 0 Å². The number of hydrogen-bond donors (Lipinski definition) is 1. The number of halogens is 2. The van der Waals surface area contributed by atoms with Gasteiger partial charge in [0.25, 0.3) is 5.91 Å². The van der Waals surface area contributed by atoms with Gasteiger partial charge in [0, 0.05) is 18.8 Å². The highest BCUT2D eigenvalue weighted by Crippen LogP contribution is 2.23. The minimum Gasteiger partial charge on any atom is -0.484 e. The van der Waals surface area contributed by atoms with Gasteiger partial charge in [0.05, 0.1) is 18.9 Å². The summed E-state index contributed by atoms with van der Waals surface area (Å²) in [5, 5.41) is 2.57. The van der Waals surface area contributed by atoms with Gasteiger partial charge in [-0.3, -0.25) is 4.79 Å². The summed E-state index contributed by atoms with van der Waals surface area (Å²) in [5.74, 6) is -0.833. The largest absolute Gasteiger partial charge is 0.484 e. The van der Waals surface area contributed by atoms with E-state index in [1.54, 1.807) is 12.1 Å². The van der Waals surface area contributed by atoms with Crippen molar-refractivity contribution in [3.63, 3.8) is 0 Å². The maximum absolute atomic E-state index is 14.3. The fourth-order valence-corrected chi connectivity index (χ4v) is 2.52. The molecule has 0 spiro atoms. The number of benzene rings is 2. The Bertz CT molecular complexity index is 732. The van der Waals surface area contributed by atoms with Crippen molar-refractivity contribution >= 4 is 17.3 Å². The number of rotatable bonds is 5. The molecule has 1 amide bonds. The zero-order valence-electron chi connectivity index (χ0n) is 13.5. The third kappa shape index (κ3) is 4.67. The predicted octanol–water partition coefficient (Wildman–Crippen LogP) is 2.82. The Balaban J connectivity index is 1.55. The summed E-state index contributed by atoms with van der Waals surface area (Å²) in [6.07, 6.45) is 0. The van der Waals surface area contributed by atoms with Gasteiger partial charge in [0.2, 0.25) is 0 Å². The van der Waals surface area contributed by atoms with E-state index in [1.165, 1.54) is 30.3 Å². The summed E-state index contributed by atoms with van der Waals surface area (Å²) in [6, 6.07) is 9.90. The summed E-state index contributed by atoms with van der Waals surface area (Å²) in [6.45, 7) is 2.15. The van der Waals surface area contributed by atoms with Crippen molar-refractivity contribution < 1.29 is 23.0 Å². The Morgan fingerprint density at radius 3 is 2.52 bits per heavy atom. The van der Waals surface area contributed by atoms with E-state index in [0.29, 0.717) is 43.4 Å². The van der Waals surface area contributed by atoms with Crippen LogP contribution >= 0.6 is 0 Å². The second-order valence-electron chi connectivity index (χ2n) is 5.56. The number of nitrogens with one attached hydrogen (secondary N) is 1. The first-order valence-corrected chi connectivity index (χ1v) is 7.92. The molecule has 2 aromatic carbocycles. The van der Waals surface area contributed by atoms with Gasteiger partial charge in [-0.25, -0.2) is 8.78 Å². The van der Waals surface area contributed by atoms with E-state index in [-0.39, 0.29) is 12.4 Å². The Labute approximate surface area is 144 Å². The number of anilines is 2. The van der Waals surface area contributed by atoms with Crippen LogP contribution in [-0.2, 0) is 9.53 Å². The molecular formula is C18H18F2N2O3. The number of ether oxygens (including phenoxy) is 2. The van der Waals surface area contributed by atoms with Gasteiger partial charge in [0.1, 0.15) is 17.4 Å². The van der Waals surface area contributed by atoms with Gasteiger partial charge in [0.15, 0.2) is 6.61 Å². The standard InChI is InChI=1S/C18H18F2N2O3/c19-13-1-4-15(5-2-13)25-12-18(23)21-14-3-6-17(16(20)11-14)22-7-9-24-10-8-22/h1-6,11H,7-10,12H2,(H,21,23). The predicted molar refractivity (Wildman–Crippen MR) is 90.0 cm³/mol. The van der Waals surface area contributed by atoms with Gasteiger partial charge in [-0.1, -0.05) is 0 Å². The first-order chi connectivity index (χ1) is 12.1. The molecule has 1 aliphatic heterocycles. The quantitative estimate of drug-likeness (QED) is 0.903. The molecule has 0 bridgehead atoms. The topological polar surface area (TPSA) is 50.8 Å². The van der Waals surface area contributed by atoms with Crippen LogP contribution in [0.3, 0.4) is 0 Å². The highest BCUT2D eigenvalue weighted by atomic mass is 19.1. The molecule has 1 heterocycles. The molecule has 0 unspecified atom stereocenters. The molecule has 1 aliphatic rings. The van der Waals surface area contributed by atoms with Crippen LogP contribution in [0.15, 0.2) is 42.5 Å². The van der Waals surface area contributed by atoms with Crippen LogP contribution in [0.2, 0.25) is 0 Å². The lowest BCUT2D eigenvalue weighted by Crippen LogP contribution is -2.36. The average molecular weight is 348 g/mol. The summed E-state index contributed by atoms with van der Waals surface area (Å²) in [4.78, 5) is 13.8. The number of hydrogen-bond acceptors (Lipinski definition) is 4. The molecule has 3 rings (SSSR count). The van der Waals surface area contributed by atoms with Crippen LogP contribution < -0.4 is 15.0 Å². The van der Waals surface area contributed by atoms with Gasteiger partial charge in [-0.2, -0.15) is 0 Å². The minimum absolute atomic E-state index is 0.252. The monoisotopic (exact) mass is 348 g/mol. The lowest BCUT2D eigenvalue weighted by Gasteiger charge is -2.29. The Morgan fingerprint density at radius 2 is 1.84 bits per heavy atom. The van der Waals surface area contributed by atoms with Crippen molar-refractivity contribution in [2.45, 2.75) is 0 Å². The molecule has 0 radical (unpaired) electrons. The van der Waals surface area contributed by atoms with E-state index >= 15 is 0 Å². The summed E-state index contributed by atoms with van der Waals surface area (Å²) >= 11 is 0. The second kappa shape index (κ2) is 7.94.